The number of anilines is 3. The van der Waals surface area contributed by atoms with Crippen LogP contribution in [0.4, 0.5) is 17.6 Å². The van der Waals surface area contributed by atoms with Crippen LogP contribution in [-0.4, -0.2) is 31.1 Å². The van der Waals surface area contributed by atoms with Gasteiger partial charge in [0.1, 0.15) is 23.0 Å². The fourth-order valence-electron chi connectivity index (χ4n) is 4.33. The van der Waals surface area contributed by atoms with E-state index in [1.54, 1.807) is 30.3 Å². The smallest absolute Gasteiger partial charge is 0.340 e. The quantitative estimate of drug-likeness (QED) is 0.314. The molecule has 6 rings (SSSR count). The minimum absolute atomic E-state index is 0.0168. The number of nitrogens with zero attached hydrogens (tertiary/aromatic N) is 3. The van der Waals surface area contributed by atoms with Gasteiger partial charge in [-0.15, -0.1) is 0 Å². The summed E-state index contributed by atoms with van der Waals surface area (Å²) >= 11 is 5.84. The van der Waals surface area contributed by atoms with Crippen LogP contribution in [0.25, 0.3) is 0 Å². The van der Waals surface area contributed by atoms with Gasteiger partial charge in [0, 0.05) is 34.5 Å². The maximum atomic E-state index is 13.1. The summed E-state index contributed by atoms with van der Waals surface area (Å²) in [6.45, 7) is 0. The van der Waals surface area contributed by atoms with Crippen molar-refractivity contribution in [2.45, 2.75) is 5.60 Å². The van der Waals surface area contributed by atoms with Crippen molar-refractivity contribution in [2.75, 3.05) is 11.1 Å². The van der Waals surface area contributed by atoms with Crippen molar-refractivity contribution in [3.8, 4) is 23.0 Å². The molecule has 2 aliphatic rings. The minimum atomic E-state index is -1.34. The monoisotopic (exact) mass is 475 g/mol. The lowest BCUT2D eigenvalue weighted by molar-refractivity contribution is 0.0224. The van der Waals surface area contributed by atoms with Crippen LogP contribution in [0, 0.1) is 0 Å². The number of aromatic hydroxyl groups is 2. The van der Waals surface area contributed by atoms with E-state index in [2.05, 4.69) is 20.3 Å². The number of nitrogens with one attached hydrogen (secondary N) is 1. The van der Waals surface area contributed by atoms with Crippen LogP contribution in [0.1, 0.15) is 27.0 Å². The Hall–Kier alpha value is -4.57. The van der Waals surface area contributed by atoms with Crippen molar-refractivity contribution in [3.05, 3.63) is 82.1 Å². The number of benzene rings is 3. The lowest BCUT2D eigenvalue weighted by Gasteiger charge is -2.36. The fraction of sp³-hybridized carbons (Fsp3) is 0.0435. The number of carbonyl (C=O) groups excluding carboxylic acids is 1. The number of carbonyl (C=O) groups is 1. The molecule has 4 aromatic rings. The molecular weight excluding hydrogens is 462 g/mol. The van der Waals surface area contributed by atoms with E-state index in [-0.39, 0.29) is 28.7 Å². The van der Waals surface area contributed by atoms with Crippen LogP contribution < -0.4 is 15.8 Å². The minimum Gasteiger partial charge on any atom is -0.508 e. The lowest BCUT2D eigenvalue weighted by Crippen LogP contribution is -2.32. The Balaban J connectivity index is 1.53. The zero-order valence-corrected chi connectivity index (χ0v) is 17.9. The third-order valence-electron chi connectivity index (χ3n) is 5.66. The van der Waals surface area contributed by atoms with Crippen LogP contribution in [-0.2, 0) is 10.3 Å². The molecule has 0 fully saturated rings. The van der Waals surface area contributed by atoms with E-state index in [0.29, 0.717) is 39.4 Å². The van der Waals surface area contributed by atoms with Gasteiger partial charge in [-0.05, 0) is 48.0 Å². The van der Waals surface area contributed by atoms with Gasteiger partial charge in [0.25, 0.3) is 0 Å². The predicted octanol–water partition coefficient (Wildman–Crippen LogP) is 3.83. The van der Waals surface area contributed by atoms with Crippen molar-refractivity contribution in [1.82, 2.24) is 15.0 Å². The second-order valence-electron chi connectivity index (χ2n) is 7.71. The molecule has 0 saturated carbocycles. The van der Waals surface area contributed by atoms with E-state index in [1.807, 2.05) is 0 Å². The highest BCUT2D eigenvalue weighted by molar-refractivity contribution is 6.28. The summed E-state index contributed by atoms with van der Waals surface area (Å²) in [6, 6.07) is 14.2. The first-order valence-corrected chi connectivity index (χ1v) is 10.4. The number of fused-ring (bicyclic) bond motifs is 6. The number of phenolic OH excluding ortho intramolecular Hbond substituents is 2. The van der Waals surface area contributed by atoms with E-state index in [0.717, 1.165) is 0 Å². The SMILES string of the molecule is Nc1nc(Cl)nc(Nc2ccc3c(c2)C(=O)OC32c3ccc(O)cc3Oc3cc(O)ccc32)n1. The molecule has 1 spiro atoms. The molecule has 2 aliphatic heterocycles. The van der Waals surface area contributed by atoms with Gasteiger partial charge < -0.3 is 30.7 Å². The van der Waals surface area contributed by atoms with E-state index in [4.69, 9.17) is 26.8 Å². The second-order valence-corrected chi connectivity index (χ2v) is 8.04. The number of phenols is 2. The first kappa shape index (κ1) is 20.1. The topological polar surface area (TPSA) is 153 Å². The standard InChI is InChI=1S/C23H14ClN5O5/c24-20-27-21(25)29-22(28-20)26-10-1-4-14-13(7-10)19(32)34-23(14)15-5-2-11(30)8-17(15)33-18-9-12(31)3-6-16(18)23/h1-9,30-31H,(H3,25,26,27,28,29). The third-order valence-corrected chi connectivity index (χ3v) is 5.82. The molecule has 0 saturated heterocycles. The zero-order chi connectivity index (χ0) is 23.6. The lowest BCUT2D eigenvalue weighted by atomic mass is 9.77. The predicted molar refractivity (Wildman–Crippen MR) is 121 cm³/mol. The average molecular weight is 476 g/mol. The van der Waals surface area contributed by atoms with Crippen LogP contribution in [0.15, 0.2) is 54.6 Å². The highest BCUT2D eigenvalue weighted by Crippen LogP contribution is 2.57. The molecule has 11 heteroatoms. The highest BCUT2D eigenvalue weighted by atomic mass is 35.5. The summed E-state index contributed by atoms with van der Waals surface area (Å²) in [5.41, 5.74) is 6.73. The van der Waals surface area contributed by atoms with E-state index < -0.39 is 11.6 Å². The molecule has 0 amide bonds. The molecule has 10 nitrogen and oxygen atoms in total. The van der Waals surface area contributed by atoms with Gasteiger partial charge in [0.2, 0.25) is 17.2 Å². The van der Waals surface area contributed by atoms with Gasteiger partial charge in [-0.25, -0.2) is 4.79 Å². The number of halogens is 1. The summed E-state index contributed by atoms with van der Waals surface area (Å²) in [7, 11) is 0. The second kappa shape index (κ2) is 6.96. The van der Waals surface area contributed by atoms with E-state index in [1.165, 1.54) is 24.3 Å². The molecule has 0 radical (unpaired) electrons. The molecule has 34 heavy (non-hydrogen) atoms. The number of esters is 1. The van der Waals surface area contributed by atoms with Crippen LogP contribution in [0.5, 0.6) is 23.0 Å². The first-order chi connectivity index (χ1) is 16.3. The number of nitrogen functional groups attached to an aromatic ring is 1. The Morgan fingerprint density at radius 1 is 0.882 bits per heavy atom. The molecule has 0 aliphatic carbocycles. The van der Waals surface area contributed by atoms with Gasteiger partial charge in [-0.3, -0.25) is 0 Å². The fourth-order valence-corrected chi connectivity index (χ4v) is 4.50. The van der Waals surface area contributed by atoms with Crippen LogP contribution in [0.2, 0.25) is 5.28 Å². The Bertz CT molecular complexity index is 1450. The summed E-state index contributed by atoms with van der Waals surface area (Å²) in [6.07, 6.45) is 0. The molecule has 0 atom stereocenters. The summed E-state index contributed by atoms with van der Waals surface area (Å²) in [5, 5.41) is 22.9. The largest absolute Gasteiger partial charge is 0.508 e. The van der Waals surface area contributed by atoms with E-state index in [9.17, 15) is 15.0 Å². The molecule has 168 valence electrons. The number of hydrogen-bond donors (Lipinski definition) is 4. The molecule has 5 N–H and O–H groups in total. The van der Waals surface area contributed by atoms with Crippen LogP contribution >= 0.6 is 11.6 Å². The molecule has 1 aromatic heterocycles. The Morgan fingerprint density at radius 3 is 2.18 bits per heavy atom. The molecule has 3 heterocycles. The van der Waals surface area contributed by atoms with Crippen LogP contribution in [0.3, 0.4) is 0 Å². The van der Waals surface area contributed by atoms with Gasteiger partial charge in [0.05, 0.1) is 5.56 Å². The maximum Gasteiger partial charge on any atom is 0.340 e. The summed E-state index contributed by atoms with van der Waals surface area (Å²) in [5.74, 6) is 0.0725. The number of nitrogens with two attached hydrogens (primary N) is 1. The van der Waals surface area contributed by atoms with Crippen molar-refractivity contribution in [2.24, 2.45) is 0 Å². The van der Waals surface area contributed by atoms with Gasteiger partial charge in [-0.2, -0.15) is 15.0 Å². The molecule has 0 bridgehead atoms. The number of ether oxygens (including phenoxy) is 2. The Labute approximate surface area is 196 Å². The third kappa shape index (κ3) is 2.89. The zero-order valence-electron chi connectivity index (χ0n) is 17.1. The number of hydrogen-bond acceptors (Lipinski definition) is 10. The molecule has 0 unspecified atom stereocenters. The molecule has 3 aromatic carbocycles. The number of aromatic nitrogens is 3. The maximum absolute atomic E-state index is 13.1. The van der Waals surface area contributed by atoms with Crippen molar-refractivity contribution in [3.63, 3.8) is 0 Å². The summed E-state index contributed by atoms with van der Waals surface area (Å²) < 4.78 is 12.0. The molecular formula is C23H14ClN5O5. The average Bonchev–Trinajstić information content (AvgIpc) is 3.05. The van der Waals surface area contributed by atoms with Crippen molar-refractivity contribution >= 4 is 35.2 Å². The van der Waals surface area contributed by atoms with Gasteiger partial charge in [0.15, 0.2) is 5.60 Å². The van der Waals surface area contributed by atoms with Crippen molar-refractivity contribution in [1.29, 1.82) is 0 Å². The number of rotatable bonds is 2. The first-order valence-electron chi connectivity index (χ1n) is 10.0. The van der Waals surface area contributed by atoms with Crippen molar-refractivity contribution < 1.29 is 24.5 Å². The Morgan fingerprint density at radius 2 is 1.53 bits per heavy atom. The normalized spacial score (nSPS) is 14.6. The Kier molecular flexibility index (Phi) is 4.11. The summed E-state index contributed by atoms with van der Waals surface area (Å²) in [4.78, 5) is 24.8. The van der Waals surface area contributed by atoms with Gasteiger partial charge in [-0.1, -0.05) is 6.07 Å². The van der Waals surface area contributed by atoms with E-state index >= 15 is 0 Å². The van der Waals surface area contributed by atoms with Gasteiger partial charge >= 0.3 is 5.97 Å². The highest BCUT2D eigenvalue weighted by Gasteiger charge is 2.53.